The molecule has 1 atom stereocenters. The van der Waals surface area contributed by atoms with Crippen LogP contribution in [0.15, 0.2) is 22.6 Å². The SMILES string of the molecule is CCC(CCO)CNC(=O)Nc1ccc2nc(N(C)C)oc2c1. The summed E-state index contributed by atoms with van der Waals surface area (Å²) in [4.78, 5) is 18.1. The highest BCUT2D eigenvalue weighted by molar-refractivity contribution is 5.91. The lowest BCUT2D eigenvalue weighted by Gasteiger charge is -2.14. The molecule has 0 radical (unpaired) electrons. The van der Waals surface area contributed by atoms with Gasteiger partial charge >= 0.3 is 6.03 Å². The number of hydrogen-bond donors (Lipinski definition) is 3. The summed E-state index contributed by atoms with van der Waals surface area (Å²) in [5.74, 6) is 0.283. The minimum absolute atomic E-state index is 0.137. The number of aliphatic hydroxyl groups is 1. The third kappa shape index (κ3) is 4.59. The molecule has 126 valence electrons. The Bertz CT molecular complexity index is 654. The average molecular weight is 320 g/mol. The van der Waals surface area contributed by atoms with Gasteiger partial charge in [0.05, 0.1) is 0 Å². The van der Waals surface area contributed by atoms with E-state index in [1.807, 2.05) is 27.1 Å². The molecular weight excluding hydrogens is 296 g/mol. The van der Waals surface area contributed by atoms with Crippen LogP contribution in [0.1, 0.15) is 19.8 Å². The smallest absolute Gasteiger partial charge is 0.319 e. The van der Waals surface area contributed by atoms with E-state index in [-0.39, 0.29) is 18.6 Å². The molecule has 1 unspecified atom stereocenters. The third-order valence-corrected chi connectivity index (χ3v) is 3.68. The number of benzene rings is 1. The van der Waals surface area contributed by atoms with E-state index in [1.165, 1.54) is 0 Å². The second-order valence-corrected chi connectivity index (χ2v) is 5.69. The Morgan fingerprint density at radius 2 is 2.22 bits per heavy atom. The molecule has 7 nitrogen and oxygen atoms in total. The van der Waals surface area contributed by atoms with Crippen molar-refractivity contribution < 1.29 is 14.3 Å². The van der Waals surface area contributed by atoms with E-state index < -0.39 is 0 Å². The van der Waals surface area contributed by atoms with E-state index in [9.17, 15) is 4.79 Å². The van der Waals surface area contributed by atoms with Crippen molar-refractivity contribution in [1.29, 1.82) is 0 Å². The van der Waals surface area contributed by atoms with Gasteiger partial charge in [0.1, 0.15) is 5.52 Å². The van der Waals surface area contributed by atoms with E-state index in [0.29, 0.717) is 30.3 Å². The molecule has 0 aliphatic rings. The summed E-state index contributed by atoms with van der Waals surface area (Å²) in [7, 11) is 3.71. The van der Waals surface area contributed by atoms with Crippen molar-refractivity contribution in [2.24, 2.45) is 5.92 Å². The second-order valence-electron chi connectivity index (χ2n) is 5.69. The minimum Gasteiger partial charge on any atom is -0.423 e. The number of hydrogen-bond acceptors (Lipinski definition) is 5. The average Bonchev–Trinajstić information content (AvgIpc) is 2.95. The number of nitrogens with one attached hydrogen (secondary N) is 2. The zero-order valence-electron chi connectivity index (χ0n) is 13.8. The minimum atomic E-state index is -0.270. The van der Waals surface area contributed by atoms with Crippen LogP contribution in [-0.2, 0) is 0 Å². The molecule has 0 fully saturated rings. The van der Waals surface area contributed by atoms with Crippen LogP contribution in [0.25, 0.3) is 11.1 Å². The summed E-state index contributed by atoms with van der Waals surface area (Å²) in [6, 6.07) is 5.60. The number of aromatic nitrogens is 1. The molecular formula is C16H24N4O3. The second kappa shape index (κ2) is 7.82. The van der Waals surface area contributed by atoms with Gasteiger partial charge in [-0.2, -0.15) is 4.98 Å². The lowest BCUT2D eigenvalue weighted by molar-refractivity contribution is 0.238. The Hall–Kier alpha value is -2.28. The lowest BCUT2D eigenvalue weighted by atomic mass is 10.0. The molecule has 2 amide bonds. The van der Waals surface area contributed by atoms with Crippen molar-refractivity contribution in [3.63, 3.8) is 0 Å². The summed E-state index contributed by atoms with van der Waals surface area (Å²) in [5.41, 5.74) is 2.01. The molecule has 0 saturated heterocycles. The molecule has 2 aromatic rings. The summed E-state index contributed by atoms with van der Waals surface area (Å²) in [6.45, 7) is 2.72. The summed E-state index contributed by atoms with van der Waals surface area (Å²) in [6.07, 6.45) is 1.60. The maximum atomic E-state index is 11.9. The van der Waals surface area contributed by atoms with E-state index in [0.717, 1.165) is 11.9 Å². The normalized spacial score (nSPS) is 12.2. The number of anilines is 2. The quantitative estimate of drug-likeness (QED) is 0.729. The zero-order chi connectivity index (χ0) is 16.8. The number of aliphatic hydroxyl groups excluding tert-OH is 1. The molecule has 0 aliphatic carbocycles. The number of amides is 2. The van der Waals surface area contributed by atoms with Gasteiger partial charge in [0.25, 0.3) is 6.01 Å². The molecule has 0 spiro atoms. The predicted octanol–water partition coefficient (Wildman–Crippen LogP) is 2.42. The van der Waals surface area contributed by atoms with Gasteiger partial charge in [-0.25, -0.2) is 4.79 Å². The number of nitrogens with zero attached hydrogens (tertiary/aromatic N) is 2. The number of rotatable bonds is 7. The van der Waals surface area contributed by atoms with Crippen LogP contribution in [0.3, 0.4) is 0 Å². The molecule has 1 heterocycles. The summed E-state index contributed by atoms with van der Waals surface area (Å²) < 4.78 is 5.61. The van der Waals surface area contributed by atoms with Crippen molar-refractivity contribution in [2.45, 2.75) is 19.8 Å². The molecule has 2 rings (SSSR count). The van der Waals surface area contributed by atoms with Gasteiger partial charge in [0.15, 0.2) is 5.58 Å². The number of oxazole rings is 1. The van der Waals surface area contributed by atoms with E-state index in [1.54, 1.807) is 17.0 Å². The van der Waals surface area contributed by atoms with Crippen molar-refractivity contribution in [2.75, 3.05) is 37.5 Å². The topological polar surface area (TPSA) is 90.6 Å². The maximum Gasteiger partial charge on any atom is 0.319 e. The van der Waals surface area contributed by atoms with Crippen LogP contribution < -0.4 is 15.5 Å². The number of carbonyl (C=O) groups is 1. The highest BCUT2D eigenvalue weighted by Gasteiger charge is 2.11. The first kappa shape index (κ1) is 17.1. The van der Waals surface area contributed by atoms with Crippen molar-refractivity contribution in [3.8, 4) is 0 Å². The van der Waals surface area contributed by atoms with Crippen molar-refractivity contribution >= 4 is 28.8 Å². The molecule has 3 N–H and O–H groups in total. The standard InChI is InChI=1S/C16H24N4O3/c1-4-11(7-8-21)10-17-15(22)18-12-5-6-13-14(9-12)23-16(19-13)20(2)3/h5-6,9,11,21H,4,7-8,10H2,1-3H3,(H2,17,18,22). The molecule has 0 aliphatic heterocycles. The van der Waals surface area contributed by atoms with Crippen molar-refractivity contribution in [3.05, 3.63) is 18.2 Å². The number of carbonyl (C=O) groups excluding carboxylic acids is 1. The largest absolute Gasteiger partial charge is 0.423 e. The van der Waals surface area contributed by atoms with Crippen LogP contribution >= 0.6 is 0 Å². The van der Waals surface area contributed by atoms with Crippen LogP contribution in [-0.4, -0.2) is 43.4 Å². The monoisotopic (exact) mass is 320 g/mol. The van der Waals surface area contributed by atoms with Crippen LogP contribution in [0.2, 0.25) is 0 Å². The first-order valence-corrected chi connectivity index (χ1v) is 7.77. The third-order valence-electron chi connectivity index (χ3n) is 3.68. The van der Waals surface area contributed by atoms with E-state index in [2.05, 4.69) is 15.6 Å². The van der Waals surface area contributed by atoms with Gasteiger partial charge in [0, 0.05) is 39.0 Å². The molecule has 1 aromatic heterocycles. The highest BCUT2D eigenvalue weighted by Crippen LogP contribution is 2.23. The van der Waals surface area contributed by atoms with Gasteiger partial charge in [0.2, 0.25) is 0 Å². The molecule has 0 bridgehead atoms. The summed E-state index contributed by atoms with van der Waals surface area (Å²) >= 11 is 0. The van der Waals surface area contributed by atoms with Gasteiger partial charge in [-0.1, -0.05) is 13.3 Å². The Morgan fingerprint density at radius 1 is 1.43 bits per heavy atom. The Balaban J connectivity index is 1.96. The fourth-order valence-electron chi connectivity index (χ4n) is 2.23. The number of fused-ring (bicyclic) bond motifs is 1. The first-order valence-electron chi connectivity index (χ1n) is 7.77. The van der Waals surface area contributed by atoms with E-state index >= 15 is 0 Å². The van der Waals surface area contributed by atoms with Gasteiger partial charge in [-0.15, -0.1) is 0 Å². The Morgan fingerprint density at radius 3 is 2.87 bits per heavy atom. The zero-order valence-corrected chi connectivity index (χ0v) is 13.8. The van der Waals surface area contributed by atoms with Crippen LogP contribution in [0, 0.1) is 5.92 Å². The fraction of sp³-hybridized carbons (Fsp3) is 0.500. The van der Waals surface area contributed by atoms with Gasteiger partial charge < -0.3 is 25.1 Å². The van der Waals surface area contributed by atoms with Gasteiger partial charge in [-0.05, 0) is 24.5 Å². The molecule has 23 heavy (non-hydrogen) atoms. The van der Waals surface area contributed by atoms with Crippen LogP contribution in [0.5, 0.6) is 0 Å². The molecule has 7 heteroatoms. The van der Waals surface area contributed by atoms with E-state index in [4.69, 9.17) is 9.52 Å². The lowest BCUT2D eigenvalue weighted by Crippen LogP contribution is -2.33. The van der Waals surface area contributed by atoms with Gasteiger partial charge in [-0.3, -0.25) is 0 Å². The first-order chi connectivity index (χ1) is 11.0. The summed E-state index contributed by atoms with van der Waals surface area (Å²) in [5, 5.41) is 14.6. The maximum absolute atomic E-state index is 11.9. The predicted molar refractivity (Wildman–Crippen MR) is 90.8 cm³/mol. The fourth-order valence-corrected chi connectivity index (χ4v) is 2.23. The number of urea groups is 1. The molecule has 0 saturated carbocycles. The Kier molecular flexibility index (Phi) is 5.81. The van der Waals surface area contributed by atoms with Crippen LogP contribution in [0.4, 0.5) is 16.5 Å². The van der Waals surface area contributed by atoms with Crippen molar-refractivity contribution in [1.82, 2.24) is 10.3 Å². The molecule has 1 aromatic carbocycles. The highest BCUT2D eigenvalue weighted by atomic mass is 16.4. The Labute approximate surface area is 135 Å².